The number of carboxylic acids is 1. The van der Waals surface area contributed by atoms with Gasteiger partial charge in [0.25, 0.3) is 0 Å². The molecule has 248 valence electrons. The Balaban J connectivity index is 1.10. The summed E-state index contributed by atoms with van der Waals surface area (Å²) in [6.45, 7) is 7.68. The smallest absolute Gasteiger partial charge is 0.325 e. The van der Waals surface area contributed by atoms with E-state index in [1.54, 1.807) is 6.07 Å². The average Bonchev–Trinajstić information content (AvgIpc) is 3.46. The van der Waals surface area contributed by atoms with Crippen LogP contribution in [0.3, 0.4) is 0 Å². The number of piperidine rings is 2. The van der Waals surface area contributed by atoms with Crippen LogP contribution in [-0.4, -0.2) is 87.5 Å². The van der Waals surface area contributed by atoms with E-state index in [9.17, 15) is 9.90 Å². The van der Waals surface area contributed by atoms with Crippen LogP contribution in [-0.2, 0) is 19.0 Å². The van der Waals surface area contributed by atoms with Crippen molar-refractivity contribution in [2.45, 2.75) is 115 Å². The summed E-state index contributed by atoms with van der Waals surface area (Å²) in [4.78, 5) is 14.5. The van der Waals surface area contributed by atoms with E-state index in [1.165, 1.54) is 26.0 Å². The molecule has 4 heterocycles. The highest BCUT2D eigenvalue weighted by Crippen LogP contribution is 2.41. The summed E-state index contributed by atoms with van der Waals surface area (Å²) in [5.41, 5.74) is 1.09. The summed E-state index contributed by atoms with van der Waals surface area (Å²) in [7, 11) is 3.23. The SMILES string of the molecule is COc1c(F)cc([C@H]2CCC(C)(C)CO2)cc1C(C(=O)O)N1CC[C@@H](OCCCCCC2CC(OC)C3CCCNC3N2)C1. The van der Waals surface area contributed by atoms with E-state index in [0.29, 0.717) is 61.7 Å². The monoisotopic (exact) mass is 619 g/mol. The maximum absolute atomic E-state index is 15.3. The molecule has 0 saturated carbocycles. The minimum absolute atomic E-state index is 0.0132. The van der Waals surface area contributed by atoms with Crippen molar-refractivity contribution in [3.8, 4) is 5.75 Å². The molecule has 4 saturated heterocycles. The number of hydrogen-bond acceptors (Lipinski definition) is 8. The van der Waals surface area contributed by atoms with Crippen molar-refractivity contribution in [2.24, 2.45) is 11.3 Å². The Morgan fingerprint density at radius 1 is 1.20 bits per heavy atom. The quantitative estimate of drug-likeness (QED) is 0.258. The minimum Gasteiger partial charge on any atom is -0.493 e. The first kappa shape index (κ1) is 33.5. The van der Waals surface area contributed by atoms with Crippen LogP contribution < -0.4 is 15.4 Å². The lowest BCUT2D eigenvalue weighted by Crippen LogP contribution is -2.62. The molecule has 0 radical (unpaired) electrons. The first-order valence-corrected chi connectivity index (χ1v) is 16.8. The van der Waals surface area contributed by atoms with Gasteiger partial charge >= 0.3 is 5.97 Å². The van der Waals surface area contributed by atoms with Crippen molar-refractivity contribution in [1.29, 1.82) is 0 Å². The number of halogens is 1. The fourth-order valence-electron chi connectivity index (χ4n) is 7.78. The predicted octanol–water partition coefficient (Wildman–Crippen LogP) is 5.19. The number of rotatable bonds is 13. The highest BCUT2D eigenvalue weighted by atomic mass is 19.1. The van der Waals surface area contributed by atoms with Gasteiger partial charge in [0.2, 0.25) is 0 Å². The van der Waals surface area contributed by atoms with Crippen molar-refractivity contribution in [3.05, 3.63) is 29.1 Å². The van der Waals surface area contributed by atoms with Gasteiger partial charge < -0.3 is 29.4 Å². The minimum atomic E-state index is -1.02. The van der Waals surface area contributed by atoms with Crippen LogP contribution >= 0.6 is 0 Å². The van der Waals surface area contributed by atoms with Crippen molar-refractivity contribution in [3.63, 3.8) is 0 Å². The molecule has 0 spiro atoms. The number of nitrogens with one attached hydrogen (secondary N) is 2. The van der Waals surface area contributed by atoms with Gasteiger partial charge in [0, 0.05) is 44.3 Å². The summed E-state index contributed by atoms with van der Waals surface area (Å²) >= 11 is 0. The number of nitrogens with zero attached hydrogens (tertiary/aromatic N) is 1. The van der Waals surface area contributed by atoms with E-state index in [-0.39, 0.29) is 23.4 Å². The topological polar surface area (TPSA) is 102 Å². The van der Waals surface area contributed by atoms with E-state index < -0.39 is 17.8 Å². The van der Waals surface area contributed by atoms with Crippen LogP contribution in [0, 0.1) is 17.2 Å². The van der Waals surface area contributed by atoms with Crippen LogP contribution in [0.2, 0.25) is 0 Å². The molecule has 4 aliphatic heterocycles. The average molecular weight is 620 g/mol. The first-order chi connectivity index (χ1) is 21.2. The second-order valence-electron chi connectivity index (χ2n) is 14.1. The second kappa shape index (κ2) is 15.2. The number of hydrogen-bond donors (Lipinski definition) is 3. The third-order valence-corrected chi connectivity index (χ3v) is 10.3. The van der Waals surface area contributed by atoms with Gasteiger partial charge in [0.15, 0.2) is 11.6 Å². The standard InChI is InChI=1S/C34H54FN3O6/c1-34(2)13-11-28(44-21-34)22-17-26(31(42-4)27(35)18-22)30(33(39)40)38-15-12-24(20-38)43-16-7-5-6-9-23-19-29(41-3)25-10-8-14-36-32(25)37-23/h17-18,23-25,28-30,32,36-37H,5-16,19-21H2,1-4H3,(H,39,40)/t23?,24-,25?,28-,29?,30?,32?/m1/s1. The van der Waals surface area contributed by atoms with Crippen LogP contribution in [0.4, 0.5) is 4.39 Å². The van der Waals surface area contributed by atoms with E-state index in [0.717, 1.165) is 57.9 Å². The molecule has 5 unspecified atom stereocenters. The number of unbranched alkanes of at least 4 members (excludes halogenated alkanes) is 2. The van der Waals surface area contributed by atoms with Crippen molar-refractivity contribution < 1.29 is 33.2 Å². The third kappa shape index (κ3) is 8.12. The number of ether oxygens (including phenoxy) is 4. The third-order valence-electron chi connectivity index (χ3n) is 10.3. The molecule has 0 aliphatic carbocycles. The van der Waals surface area contributed by atoms with Gasteiger partial charge in [-0.25, -0.2) is 4.39 Å². The molecule has 44 heavy (non-hydrogen) atoms. The fraction of sp³-hybridized carbons (Fsp3) is 0.794. The van der Waals surface area contributed by atoms with Gasteiger partial charge in [-0.05, 0) is 81.0 Å². The molecule has 9 nitrogen and oxygen atoms in total. The number of fused-ring (bicyclic) bond motifs is 1. The van der Waals surface area contributed by atoms with Gasteiger partial charge in [-0.2, -0.15) is 0 Å². The molecular weight excluding hydrogens is 565 g/mol. The Kier molecular flexibility index (Phi) is 11.6. The van der Waals surface area contributed by atoms with E-state index in [2.05, 4.69) is 24.5 Å². The summed E-state index contributed by atoms with van der Waals surface area (Å²) in [6.07, 6.45) is 10.7. The highest BCUT2D eigenvalue weighted by molar-refractivity contribution is 5.77. The molecule has 0 amide bonds. The molecule has 1 aromatic carbocycles. The normalized spacial score (nSPS) is 31.4. The molecule has 10 heteroatoms. The van der Waals surface area contributed by atoms with Gasteiger partial charge in [-0.15, -0.1) is 0 Å². The predicted molar refractivity (Wildman–Crippen MR) is 166 cm³/mol. The molecule has 3 N–H and O–H groups in total. The lowest BCUT2D eigenvalue weighted by molar-refractivity contribution is -0.143. The molecule has 4 fully saturated rings. The highest BCUT2D eigenvalue weighted by Gasteiger charge is 2.39. The molecule has 7 atom stereocenters. The maximum atomic E-state index is 15.3. The van der Waals surface area contributed by atoms with Gasteiger partial charge in [0.05, 0.1) is 38.2 Å². The number of methoxy groups -OCH3 is 2. The Labute approximate surface area is 262 Å². The van der Waals surface area contributed by atoms with Crippen LogP contribution in [0.1, 0.15) is 101 Å². The first-order valence-electron chi connectivity index (χ1n) is 16.8. The molecule has 4 aliphatic rings. The molecular formula is C34H54FN3O6. The van der Waals surface area contributed by atoms with E-state index >= 15 is 4.39 Å². The number of carboxylic acid groups (broad SMARTS) is 1. The summed E-state index contributed by atoms with van der Waals surface area (Å²) < 4.78 is 38.8. The van der Waals surface area contributed by atoms with Crippen LogP contribution in [0.5, 0.6) is 5.75 Å². The van der Waals surface area contributed by atoms with Crippen molar-refractivity contribution in [2.75, 3.05) is 47.1 Å². The van der Waals surface area contributed by atoms with E-state index in [1.807, 2.05) is 12.0 Å². The number of aliphatic carboxylic acids is 1. The van der Waals surface area contributed by atoms with Crippen molar-refractivity contribution >= 4 is 5.97 Å². The van der Waals surface area contributed by atoms with Crippen LogP contribution in [0.15, 0.2) is 12.1 Å². The molecule has 0 bridgehead atoms. The van der Waals surface area contributed by atoms with Gasteiger partial charge in [-0.3, -0.25) is 15.0 Å². The fourth-order valence-corrected chi connectivity index (χ4v) is 7.78. The number of likely N-dealkylation sites (tertiary alicyclic amines) is 1. The van der Waals surface area contributed by atoms with Crippen molar-refractivity contribution in [1.82, 2.24) is 15.5 Å². The Hall–Kier alpha value is -1.82. The lowest BCUT2D eigenvalue weighted by Gasteiger charge is -2.45. The summed E-state index contributed by atoms with van der Waals surface area (Å²) in [5.74, 6) is -1.02. The zero-order chi connectivity index (χ0) is 31.3. The van der Waals surface area contributed by atoms with Gasteiger partial charge in [0.1, 0.15) is 6.04 Å². The Morgan fingerprint density at radius 3 is 2.77 bits per heavy atom. The van der Waals surface area contributed by atoms with E-state index in [4.69, 9.17) is 18.9 Å². The summed E-state index contributed by atoms with van der Waals surface area (Å²) in [5, 5.41) is 17.8. The number of benzene rings is 1. The number of carbonyl (C=O) groups is 1. The largest absolute Gasteiger partial charge is 0.493 e. The molecule has 5 rings (SSSR count). The summed E-state index contributed by atoms with van der Waals surface area (Å²) in [6, 6.07) is 2.66. The lowest BCUT2D eigenvalue weighted by atomic mass is 9.82. The maximum Gasteiger partial charge on any atom is 0.325 e. The van der Waals surface area contributed by atoms with Gasteiger partial charge in [-0.1, -0.05) is 26.7 Å². The molecule has 1 aromatic rings. The van der Waals surface area contributed by atoms with Crippen LogP contribution in [0.25, 0.3) is 0 Å². The zero-order valence-electron chi connectivity index (χ0n) is 27.1. The second-order valence-corrected chi connectivity index (χ2v) is 14.1. The Morgan fingerprint density at radius 2 is 2.05 bits per heavy atom. The zero-order valence-corrected chi connectivity index (χ0v) is 27.1. The molecule has 0 aromatic heterocycles. The Bertz CT molecular complexity index is 1090.